The molecule has 0 aliphatic rings. The average Bonchev–Trinajstić information content (AvgIpc) is 3.42. The number of imidazole rings is 1. The van der Waals surface area contributed by atoms with Crippen LogP contribution in [0.3, 0.4) is 0 Å². The lowest BCUT2D eigenvalue weighted by atomic mass is 10.0. The molecule has 0 radical (unpaired) electrons. The van der Waals surface area contributed by atoms with Crippen molar-refractivity contribution in [1.82, 2.24) is 14.9 Å². The van der Waals surface area contributed by atoms with E-state index in [2.05, 4.69) is 24.1 Å². The highest BCUT2D eigenvalue weighted by molar-refractivity contribution is 7.92. The number of nitrogens with zero attached hydrogens (tertiary/aromatic N) is 3. The molecule has 0 atom stereocenters. The Bertz CT molecular complexity index is 1370. The smallest absolute Gasteiger partial charge is 0.264 e. The Morgan fingerprint density at radius 1 is 0.971 bits per heavy atom. The summed E-state index contributed by atoms with van der Waals surface area (Å²) in [5.41, 5.74) is 3.31. The van der Waals surface area contributed by atoms with Crippen molar-refractivity contribution in [2.24, 2.45) is 0 Å². The molecule has 1 amide bonds. The molecule has 0 aliphatic carbocycles. The number of carbonyl (C=O) groups is 1. The van der Waals surface area contributed by atoms with Gasteiger partial charge in [0.2, 0.25) is 5.91 Å². The number of hydrogen-bond acceptors (Lipinski definition) is 4. The molecular formula is C27H28N4O3S. The Hall–Kier alpha value is -3.91. The number of hydrogen-bond donors (Lipinski definition) is 1. The molecule has 1 aromatic heterocycles. The summed E-state index contributed by atoms with van der Waals surface area (Å²) in [5.74, 6) is -0.0972. The second-order valence-corrected chi connectivity index (χ2v) is 10.3. The van der Waals surface area contributed by atoms with Crippen molar-refractivity contribution < 1.29 is 13.2 Å². The van der Waals surface area contributed by atoms with Gasteiger partial charge in [0.05, 0.1) is 22.6 Å². The Morgan fingerprint density at radius 2 is 1.66 bits per heavy atom. The molecule has 1 heterocycles. The number of aromatic nitrogens is 2. The van der Waals surface area contributed by atoms with E-state index in [1.807, 2.05) is 47.2 Å². The molecule has 3 aromatic carbocycles. The molecule has 0 saturated carbocycles. The first kappa shape index (κ1) is 24.2. The first-order valence-electron chi connectivity index (χ1n) is 11.4. The molecule has 0 saturated heterocycles. The van der Waals surface area contributed by atoms with Crippen LogP contribution in [0, 0.1) is 0 Å². The Morgan fingerprint density at radius 3 is 2.31 bits per heavy atom. The molecule has 0 spiro atoms. The summed E-state index contributed by atoms with van der Waals surface area (Å²) in [6, 6.07) is 23.1. The van der Waals surface area contributed by atoms with Crippen LogP contribution in [0.2, 0.25) is 0 Å². The molecule has 7 nitrogen and oxygen atoms in total. The molecule has 4 rings (SSSR count). The van der Waals surface area contributed by atoms with Crippen molar-refractivity contribution in [3.63, 3.8) is 0 Å². The fourth-order valence-corrected chi connectivity index (χ4v) is 5.20. The minimum atomic E-state index is -3.95. The number of para-hydroxylation sites is 1. The minimum absolute atomic E-state index is 0.131. The van der Waals surface area contributed by atoms with Crippen LogP contribution in [-0.4, -0.2) is 30.4 Å². The molecule has 1 N–H and O–H groups in total. The maximum absolute atomic E-state index is 13.5. The summed E-state index contributed by atoms with van der Waals surface area (Å²) < 4.78 is 30.0. The molecule has 4 aromatic rings. The van der Waals surface area contributed by atoms with E-state index in [0.29, 0.717) is 11.6 Å². The van der Waals surface area contributed by atoms with Gasteiger partial charge in [-0.05, 0) is 47.4 Å². The first-order chi connectivity index (χ1) is 16.9. The molecule has 8 heteroatoms. The largest absolute Gasteiger partial charge is 0.350 e. The third-order valence-electron chi connectivity index (χ3n) is 5.72. The maximum Gasteiger partial charge on any atom is 0.264 e. The van der Waals surface area contributed by atoms with Gasteiger partial charge >= 0.3 is 0 Å². The van der Waals surface area contributed by atoms with Gasteiger partial charge in [-0.3, -0.25) is 9.10 Å². The molecule has 180 valence electrons. The van der Waals surface area contributed by atoms with E-state index in [9.17, 15) is 13.2 Å². The van der Waals surface area contributed by atoms with Gasteiger partial charge < -0.3 is 9.88 Å². The van der Waals surface area contributed by atoms with E-state index in [1.165, 1.54) is 12.1 Å². The van der Waals surface area contributed by atoms with Crippen molar-refractivity contribution in [2.75, 3.05) is 10.8 Å². The van der Waals surface area contributed by atoms with Crippen LogP contribution in [0.25, 0.3) is 5.69 Å². The standard InChI is InChI=1S/C27H28N4O3S/c1-21(2)22-12-14-24(15-13-22)31(35(33,34)25-9-4-3-5-10-25)19-27(32)29-18-23-8-6-7-11-26(23)30-17-16-28-20-30/h3-17,20-21H,18-19H2,1-2H3,(H,29,32). The van der Waals surface area contributed by atoms with Gasteiger partial charge in [-0.15, -0.1) is 0 Å². The lowest BCUT2D eigenvalue weighted by Gasteiger charge is -2.24. The molecule has 0 unspecified atom stereocenters. The van der Waals surface area contributed by atoms with Crippen LogP contribution < -0.4 is 9.62 Å². The maximum atomic E-state index is 13.5. The minimum Gasteiger partial charge on any atom is -0.350 e. The Kier molecular flexibility index (Phi) is 7.31. The monoisotopic (exact) mass is 488 g/mol. The van der Waals surface area contributed by atoms with E-state index in [4.69, 9.17) is 0 Å². The van der Waals surface area contributed by atoms with Gasteiger partial charge in [0, 0.05) is 18.9 Å². The fourth-order valence-electron chi connectivity index (χ4n) is 3.75. The lowest BCUT2D eigenvalue weighted by molar-refractivity contribution is -0.119. The van der Waals surface area contributed by atoms with Gasteiger partial charge in [-0.1, -0.05) is 62.4 Å². The summed E-state index contributed by atoms with van der Waals surface area (Å²) in [4.78, 5) is 17.2. The summed E-state index contributed by atoms with van der Waals surface area (Å²) in [6.07, 6.45) is 5.21. The molecule has 0 bridgehead atoms. The highest BCUT2D eigenvalue weighted by Crippen LogP contribution is 2.26. The highest BCUT2D eigenvalue weighted by Gasteiger charge is 2.27. The van der Waals surface area contributed by atoms with Crippen molar-refractivity contribution in [3.05, 3.63) is 109 Å². The summed E-state index contributed by atoms with van der Waals surface area (Å²) in [6.45, 7) is 4.05. The zero-order valence-corrected chi connectivity index (χ0v) is 20.5. The van der Waals surface area contributed by atoms with Crippen LogP contribution >= 0.6 is 0 Å². The van der Waals surface area contributed by atoms with Gasteiger partial charge in [-0.25, -0.2) is 13.4 Å². The Balaban J connectivity index is 1.57. The second kappa shape index (κ2) is 10.6. The van der Waals surface area contributed by atoms with Crippen molar-refractivity contribution in [1.29, 1.82) is 0 Å². The third-order valence-corrected chi connectivity index (χ3v) is 7.50. The topological polar surface area (TPSA) is 84.3 Å². The Labute approximate surface area is 206 Å². The predicted octanol–water partition coefficient (Wildman–Crippen LogP) is 4.51. The van der Waals surface area contributed by atoms with E-state index in [1.54, 1.807) is 42.9 Å². The highest BCUT2D eigenvalue weighted by atomic mass is 32.2. The number of benzene rings is 3. The zero-order valence-electron chi connectivity index (χ0n) is 19.7. The van der Waals surface area contributed by atoms with Crippen LogP contribution in [-0.2, 0) is 21.4 Å². The van der Waals surface area contributed by atoms with Crippen molar-refractivity contribution in [2.45, 2.75) is 31.2 Å². The summed E-state index contributed by atoms with van der Waals surface area (Å²) in [7, 11) is -3.95. The third kappa shape index (κ3) is 5.60. The summed E-state index contributed by atoms with van der Waals surface area (Å²) in [5, 5.41) is 2.88. The predicted molar refractivity (Wildman–Crippen MR) is 137 cm³/mol. The van der Waals surface area contributed by atoms with E-state index >= 15 is 0 Å². The normalized spacial score (nSPS) is 11.4. The quantitative estimate of drug-likeness (QED) is 0.376. The number of amides is 1. The fraction of sp³-hybridized carbons (Fsp3) is 0.185. The van der Waals surface area contributed by atoms with E-state index in [-0.39, 0.29) is 18.0 Å². The van der Waals surface area contributed by atoms with Crippen molar-refractivity contribution >= 4 is 21.6 Å². The number of nitrogens with one attached hydrogen (secondary N) is 1. The van der Waals surface area contributed by atoms with Crippen LogP contribution in [0.4, 0.5) is 5.69 Å². The first-order valence-corrected chi connectivity index (χ1v) is 12.8. The van der Waals surface area contributed by atoms with Crippen LogP contribution in [0.1, 0.15) is 30.9 Å². The van der Waals surface area contributed by atoms with Gasteiger partial charge in [0.25, 0.3) is 10.0 Å². The van der Waals surface area contributed by atoms with Gasteiger partial charge in [0.15, 0.2) is 0 Å². The van der Waals surface area contributed by atoms with Crippen molar-refractivity contribution in [3.8, 4) is 5.69 Å². The molecular weight excluding hydrogens is 460 g/mol. The second-order valence-electron chi connectivity index (χ2n) is 8.45. The summed E-state index contributed by atoms with van der Waals surface area (Å²) >= 11 is 0. The number of sulfonamides is 1. The van der Waals surface area contributed by atoms with Crippen LogP contribution in [0.5, 0.6) is 0 Å². The number of rotatable bonds is 9. The van der Waals surface area contributed by atoms with E-state index < -0.39 is 15.9 Å². The molecule has 0 aliphatic heterocycles. The van der Waals surface area contributed by atoms with Gasteiger partial charge in [0.1, 0.15) is 6.54 Å². The average molecular weight is 489 g/mol. The van der Waals surface area contributed by atoms with E-state index in [0.717, 1.165) is 21.1 Å². The van der Waals surface area contributed by atoms with Gasteiger partial charge in [-0.2, -0.15) is 0 Å². The molecule has 0 fully saturated rings. The SMILES string of the molecule is CC(C)c1ccc(N(CC(=O)NCc2ccccc2-n2ccnc2)S(=O)(=O)c2ccccc2)cc1. The number of anilines is 1. The zero-order chi connectivity index (χ0) is 24.8. The number of carbonyl (C=O) groups excluding carboxylic acids is 1. The van der Waals surface area contributed by atoms with Crippen LogP contribution in [0.15, 0.2) is 102 Å². The molecule has 35 heavy (non-hydrogen) atoms. The lowest BCUT2D eigenvalue weighted by Crippen LogP contribution is -2.40.